The number of hydrogen-bond acceptors (Lipinski definition) is 2. The summed E-state index contributed by atoms with van der Waals surface area (Å²) in [5, 5.41) is 0. The Hall–Kier alpha value is -1.02. The van der Waals surface area contributed by atoms with E-state index in [9.17, 15) is 0 Å². The Kier molecular flexibility index (Phi) is 5.26. The summed E-state index contributed by atoms with van der Waals surface area (Å²) < 4.78 is 6.11. The van der Waals surface area contributed by atoms with Gasteiger partial charge in [0.1, 0.15) is 5.75 Å². The Bertz CT molecular complexity index is 373. The molecule has 0 heterocycles. The summed E-state index contributed by atoms with van der Waals surface area (Å²) in [6, 6.07) is 8.49. The maximum Gasteiger partial charge on any atom is 0.119 e. The van der Waals surface area contributed by atoms with Crippen LogP contribution < -0.4 is 10.5 Å². The zero-order valence-electron chi connectivity index (χ0n) is 12.3. The van der Waals surface area contributed by atoms with Crippen LogP contribution in [0.2, 0.25) is 0 Å². The fourth-order valence-electron chi connectivity index (χ4n) is 2.94. The van der Waals surface area contributed by atoms with Gasteiger partial charge >= 0.3 is 0 Å². The van der Waals surface area contributed by atoms with E-state index in [-0.39, 0.29) is 6.04 Å². The van der Waals surface area contributed by atoms with Crippen LogP contribution in [0, 0.1) is 5.92 Å². The van der Waals surface area contributed by atoms with E-state index in [1.807, 2.05) is 0 Å². The van der Waals surface area contributed by atoms with Crippen molar-refractivity contribution in [1.29, 1.82) is 0 Å². The van der Waals surface area contributed by atoms with Crippen molar-refractivity contribution >= 4 is 0 Å². The van der Waals surface area contributed by atoms with Gasteiger partial charge in [0.2, 0.25) is 0 Å². The molecule has 1 aliphatic carbocycles. The first-order valence-corrected chi connectivity index (χ1v) is 7.75. The van der Waals surface area contributed by atoms with Crippen molar-refractivity contribution in [3.05, 3.63) is 29.8 Å². The molecule has 0 aromatic heterocycles. The minimum atomic E-state index is 0.146. The highest BCUT2D eigenvalue weighted by molar-refractivity contribution is 5.29. The van der Waals surface area contributed by atoms with Gasteiger partial charge in [0.15, 0.2) is 0 Å². The third kappa shape index (κ3) is 3.97. The van der Waals surface area contributed by atoms with E-state index in [2.05, 4.69) is 38.1 Å². The molecule has 2 heteroatoms. The normalized spacial score (nSPS) is 25.0. The van der Waals surface area contributed by atoms with Crippen LogP contribution in [-0.2, 0) is 0 Å². The SMILES string of the molecule is CCC1CCCC(Oc2ccc([C@@H](N)CC)cc2)C1. The first-order valence-electron chi connectivity index (χ1n) is 7.75. The number of hydrogen-bond donors (Lipinski definition) is 1. The van der Waals surface area contributed by atoms with Gasteiger partial charge in [-0.05, 0) is 49.3 Å². The van der Waals surface area contributed by atoms with Crippen LogP contribution in [0.4, 0.5) is 0 Å². The average Bonchev–Trinajstić information content (AvgIpc) is 2.47. The second-order valence-corrected chi connectivity index (χ2v) is 5.76. The summed E-state index contributed by atoms with van der Waals surface area (Å²) in [4.78, 5) is 0. The highest BCUT2D eigenvalue weighted by Gasteiger charge is 2.22. The molecule has 1 aromatic carbocycles. The molecule has 0 bridgehead atoms. The highest BCUT2D eigenvalue weighted by Crippen LogP contribution is 2.30. The molecule has 0 radical (unpaired) electrons. The summed E-state index contributed by atoms with van der Waals surface area (Å²) in [7, 11) is 0. The minimum Gasteiger partial charge on any atom is -0.490 e. The Morgan fingerprint density at radius 3 is 2.58 bits per heavy atom. The van der Waals surface area contributed by atoms with Crippen molar-refractivity contribution in [3.8, 4) is 5.75 Å². The van der Waals surface area contributed by atoms with Crippen LogP contribution in [0.3, 0.4) is 0 Å². The molecule has 1 aliphatic rings. The topological polar surface area (TPSA) is 35.2 Å². The number of ether oxygens (including phenoxy) is 1. The molecule has 19 heavy (non-hydrogen) atoms. The molecular weight excluding hydrogens is 234 g/mol. The average molecular weight is 261 g/mol. The number of nitrogens with two attached hydrogens (primary N) is 1. The molecule has 3 atom stereocenters. The van der Waals surface area contributed by atoms with Crippen LogP contribution >= 0.6 is 0 Å². The molecule has 2 nitrogen and oxygen atoms in total. The lowest BCUT2D eigenvalue weighted by Crippen LogP contribution is -2.25. The molecular formula is C17H27NO. The minimum absolute atomic E-state index is 0.146. The Labute approximate surface area is 117 Å². The van der Waals surface area contributed by atoms with Crippen LogP contribution in [0.15, 0.2) is 24.3 Å². The lowest BCUT2D eigenvalue weighted by atomic mass is 9.85. The summed E-state index contributed by atoms with van der Waals surface area (Å²) in [5.74, 6) is 1.85. The smallest absolute Gasteiger partial charge is 0.119 e. The van der Waals surface area contributed by atoms with Gasteiger partial charge < -0.3 is 10.5 Å². The van der Waals surface area contributed by atoms with Gasteiger partial charge in [-0.2, -0.15) is 0 Å². The van der Waals surface area contributed by atoms with Crippen molar-refractivity contribution in [2.24, 2.45) is 11.7 Å². The van der Waals surface area contributed by atoms with Crippen molar-refractivity contribution in [1.82, 2.24) is 0 Å². The van der Waals surface area contributed by atoms with E-state index < -0.39 is 0 Å². The van der Waals surface area contributed by atoms with Crippen LogP contribution in [-0.4, -0.2) is 6.10 Å². The Balaban J connectivity index is 1.92. The van der Waals surface area contributed by atoms with Crippen molar-refractivity contribution in [2.75, 3.05) is 0 Å². The van der Waals surface area contributed by atoms with Gasteiger partial charge in [-0.15, -0.1) is 0 Å². The molecule has 2 unspecified atom stereocenters. The molecule has 0 amide bonds. The van der Waals surface area contributed by atoms with E-state index in [0.717, 1.165) is 18.1 Å². The quantitative estimate of drug-likeness (QED) is 0.850. The van der Waals surface area contributed by atoms with Crippen LogP contribution in [0.5, 0.6) is 5.75 Å². The lowest BCUT2D eigenvalue weighted by Gasteiger charge is -2.29. The van der Waals surface area contributed by atoms with Crippen molar-refractivity contribution in [3.63, 3.8) is 0 Å². The Morgan fingerprint density at radius 2 is 1.95 bits per heavy atom. The van der Waals surface area contributed by atoms with Gasteiger partial charge in [0.05, 0.1) is 6.10 Å². The first-order chi connectivity index (χ1) is 9.22. The van der Waals surface area contributed by atoms with Crippen molar-refractivity contribution in [2.45, 2.75) is 64.5 Å². The molecule has 1 fully saturated rings. The Morgan fingerprint density at radius 1 is 1.21 bits per heavy atom. The maximum absolute atomic E-state index is 6.11. The highest BCUT2D eigenvalue weighted by atomic mass is 16.5. The summed E-state index contributed by atoms with van der Waals surface area (Å²) >= 11 is 0. The predicted octanol–water partition coefficient (Wildman–Crippen LogP) is 4.44. The second-order valence-electron chi connectivity index (χ2n) is 5.76. The molecule has 2 N–H and O–H groups in total. The molecule has 1 saturated carbocycles. The number of benzene rings is 1. The van der Waals surface area contributed by atoms with Gasteiger partial charge in [-0.3, -0.25) is 0 Å². The summed E-state index contributed by atoms with van der Waals surface area (Å²) in [6.45, 7) is 4.40. The van der Waals surface area contributed by atoms with Gasteiger partial charge in [0, 0.05) is 6.04 Å². The molecule has 1 aromatic rings. The molecule has 0 saturated heterocycles. The monoisotopic (exact) mass is 261 g/mol. The van der Waals surface area contributed by atoms with Crippen LogP contribution in [0.25, 0.3) is 0 Å². The van der Waals surface area contributed by atoms with E-state index in [0.29, 0.717) is 6.10 Å². The van der Waals surface area contributed by atoms with Crippen molar-refractivity contribution < 1.29 is 4.74 Å². The standard InChI is InChI=1S/C17H27NO/c1-3-13-6-5-7-16(12-13)19-15-10-8-14(9-11-15)17(18)4-2/h8-11,13,16-17H,3-7,12,18H2,1-2H3/t13?,16?,17-/m0/s1. The van der Waals surface area contributed by atoms with Gasteiger partial charge in [-0.1, -0.05) is 38.8 Å². The zero-order valence-corrected chi connectivity index (χ0v) is 12.3. The molecule has 0 aliphatic heterocycles. The van der Waals surface area contributed by atoms with E-state index in [1.54, 1.807) is 0 Å². The summed E-state index contributed by atoms with van der Waals surface area (Å²) in [5.41, 5.74) is 7.22. The molecule has 106 valence electrons. The largest absolute Gasteiger partial charge is 0.490 e. The lowest BCUT2D eigenvalue weighted by molar-refractivity contribution is 0.122. The van der Waals surface area contributed by atoms with E-state index in [4.69, 9.17) is 10.5 Å². The summed E-state index contributed by atoms with van der Waals surface area (Å²) in [6.07, 6.45) is 7.76. The van der Waals surface area contributed by atoms with E-state index >= 15 is 0 Å². The van der Waals surface area contributed by atoms with Gasteiger partial charge in [0.25, 0.3) is 0 Å². The number of rotatable bonds is 5. The second kappa shape index (κ2) is 6.95. The first kappa shape index (κ1) is 14.4. The molecule has 0 spiro atoms. The maximum atomic E-state index is 6.11. The van der Waals surface area contributed by atoms with Crippen LogP contribution in [0.1, 0.15) is 64.0 Å². The van der Waals surface area contributed by atoms with E-state index in [1.165, 1.54) is 37.7 Å². The fourth-order valence-corrected chi connectivity index (χ4v) is 2.94. The zero-order chi connectivity index (χ0) is 13.7. The fraction of sp³-hybridized carbons (Fsp3) is 0.647. The predicted molar refractivity (Wildman–Crippen MR) is 80.3 cm³/mol. The third-order valence-electron chi connectivity index (χ3n) is 4.36. The molecule has 2 rings (SSSR count). The third-order valence-corrected chi connectivity index (χ3v) is 4.36. The van der Waals surface area contributed by atoms with Gasteiger partial charge in [-0.25, -0.2) is 0 Å².